The Bertz CT molecular complexity index is 3840. The molecule has 0 aliphatic carbocycles. The summed E-state index contributed by atoms with van der Waals surface area (Å²) in [6.45, 7) is 0. The number of nitrogens with one attached hydrogen (secondary N) is 2. The van der Waals surface area contributed by atoms with Gasteiger partial charge in [0.25, 0.3) is 0 Å². The molecule has 2 unspecified atom stereocenters. The van der Waals surface area contributed by atoms with Crippen molar-refractivity contribution in [1.82, 2.24) is 10.6 Å². The van der Waals surface area contributed by atoms with E-state index in [0.29, 0.717) is 0 Å². The monoisotopic (exact) mass is 831 g/mol. The molecule has 2 atom stereocenters. The Morgan fingerprint density at radius 3 is 1.88 bits per heavy atom. The van der Waals surface area contributed by atoms with E-state index < -0.39 is 0 Å². The van der Waals surface area contributed by atoms with E-state index in [1.165, 1.54) is 59.8 Å². The Kier molecular flexibility index (Phi) is 8.71. The number of benzene rings is 11. The van der Waals surface area contributed by atoms with Crippen molar-refractivity contribution < 1.29 is 4.42 Å². The maximum absolute atomic E-state index is 6.58. The Hall–Kier alpha value is -8.31. The van der Waals surface area contributed by atoms with E-state index in [0.717, 1.165) is 61.2 Å². The molecule has 11 aromatic carbocycles. The minimum Gasteiger partial charge on any atom is -0.456 e. The van der Waals surface area contributed by atoms with Crippen LogP contribution in [0.25, 0.3) is 98.4 Å². The van der Waals surface area contributed by atoms with Gasteiger partial charge in [0.15, 0.2) is 0 Å². The minimum atomic E-state index is -0.317. The highest BCUT2D eigenvalue weighted by Crippen LogP contribution is 2.42. The first-order valence-corrected chi connectivity index (χ1v) is 22.3. The average molecular weight is 832 g/mol. The van der Waals surface area contributed by atoms with Gasteiger partial charge >= 0.3 is 0 Å². The van der Waals surface area contributed by atoms with Gasteiger partial charge in [0.05, 0.1) is 0 Å². The van der Waals surface area contributed by atoms with E-state index in [2.05, 4.69) is 235 Å². The molecular formula is C61H41N3O. The van der Waals surface area contributed by atoms with Gasteiger partial charge in [0.1, 0.15) is 29.3 Å². The topological polar surface area (TPSA) is 49.6 Å². The second-order valence-corrected chi connectivity index (χ2v) is 17.1. The van der Waals surface area contributed by atoms with Gasteiger partial charge in [-0.3, -0.25) is 5.32 Å². The third-order valence-electron chi connectivity index (χ3n) is 13.4. The molecule has 4 nitrogen and oxygen atoms in total. The van der Waals surface area contributed by atoms with Crippen LogP contribution in [0.2, 0.25) is 0 Å². The largest absolute Gasteiger partial charge is 0.456 e. The zero-order chi connectivity index (χ0) is 42.8. The second-order valence-electron chi connectivity index (χ2n) is 17.1. The Morgan fingerprint density at radius 2 is 1.00 bits per heavy atom. The van der Waals surface area contributed by atoms with Crippen LogP contribution in [-0.4, -0.2) is 5.84 Å². The van der Waals surface area contributed by atoms with E-state index >= 15 is 0 Å². The van der Waals surface area contributed by atoms with E-state index in [9.17, 15) is 0 Å². The average Bonchev–Trinajstić information content (AvgIpc) is 3.76. The standard InChI is InChI=1S/C61H41N3O/c1-2-12-38(13-3-1)44-34-35-54-57(37-44)65-56-25-11-23-52(58(54)56)50-21-9-22-51-49(50)20-10-24-53(51)61-63-59(43-31-28-41(29-32-43)47-19-8-16-39-14-4-6-17-46(39)47)62-60(64-61)45-33-30-42-27-26-40-15-5-7-18-48(40)55(42)36-45/h1-37,60-61,64H,(H,62,63). The minimum absolute atomic E-state index is 0.255. The van der Waals surface area contributed by atoms with Crippen LogP contribution >= 0.6 is 0 Å². The molecule has 4 heteroatoms. The van der Waals surface area contributed by atoms with E-state index in [1.807, 2.05) is 0 Å². The van der Waals surface area contributed by atoms with Crippen molar-refractivity contribution in [3.63, 3.8) is 0 Å². The maximum Gasteiger partial charge on any atom is 0.136 e. The molecule has 1 aromatic heterocycles. The first-order chi connectivity index (χ1) is 32.2. The highest BCUT2D eigenvalue weighted by Gasteiger charge is 2.28. The molecule has 0 saturated heterocycles. The molecule has 65 heavy (non-hydrogen) atoms. The molecule has 0 radical (unpaired) electrons. The summed E-state index contributed by atoms with van der Waals surface area (Å²) in [6.07, 6.45) is -0.572. The lowest BCUT2D eigenvalue weighted by Gasteiger charge is -2.33. The fraction of sp³-hybridized carbons (Fsp3) is 0.0328. The summed E-state index contributed by atoms with van der Waals surface area (Å²) in [6, 6.07) is 80.6. The van der Waals surface area contributed by atoms with E-state index in [-0.39, 0.29) is 12.3 Å². The first kappa shape index (κ1) is 37.3. The summed E-state index contributed by atoms with van der Waals surface area (Å²) in [7, 11) is 0. The Balaban J connectivity index is 0.927. The third kappa shape index (κ3) is 6.37. The molecule has 2 N–H and O–H groups in total. The smallest absolute Gasteiger partial charge is 0.136 e. The predicted octanol–water partition coefficient (Wildman–Crippen LogP) is 15.5. The number of aliphatic imine (C=N–C) groups is 1. The molecule has 12 aromatic rings. The summed E-state index contributed by atoms with van der Waals surface area (Å²) >= 11 is 0. The van der Waals surface area contributed by atoms with Crippen molar-refractivity contribution in [1.29, 1.82) is 0 Å². The van der Waals surface area contributed by atoms with Crippen LogP contribution in [0.15, 0.2) is 234 Å². The molecule has 0 bridgehead atoms. The van der Waals surface area contributed by atoms with E-state index in [1.54, 1.807) is 0 Å². The van der Waals surface area contributed by atoms with Crippen molar-refractivity contribution in [2.75, 3.05) is 0 Å². The van der Waals surface area contributed by atoms with Crippen molar-refractivity contribution in [3.8, 4) is 33.4 Å². The van der Waals surface area contributed by atoms with Gasteiger partial charge in [-0.2, -0.15) is 0 Å². The summed E-state index contributed by atoms with van der Waals surface area (Å²) in [4.78, 5) is 5.45. The lowest BCUT2D eigenvalue weighted by Crippen LogP contribution is -2.45. The lowest BCUT2D eigenvalue weighted by atomic mass is 9.91. The van der Waals surface area contributed by atoms with Crippen molar-refractivity contribution >= 4 is 70.9 Å². The van der Waals surface area contributed by atoms with Gasteiger partial charge in [-0.15, -0.1) is 0 Å². The van der Waals surface area contributed by atoms with Crippen LogP contribution in [-0.2, 0) is 0 Å². The summed E-state index contributed by atoms with van der Waals surface area (Å²) in [5.41, 5.74) is 12.1. The summed E-state index contributed by atoms with van der Waals surface area (Å²) in [5.74, 6) is 0.846. The molecule has 1 aliphatic heterocycles. The van der Waals surface area contributed by atoms with Crippen LogP contribution in [0.1, 0.15) is 29.0 Å². The van der Waals surface area contributed by atoms with Crippen LogP contribution in [0.4, 0.5) is 0 Å². The van der Waals surface area contributed by atoms with Gasteiger partial charge in [-0.1, -0.05) is 200 Å². The number of nitrogens with zero attached hydrogens (tertiary/aromatic N) is 1. The fourth-order valence-corrected chi connectivity index (χ4v) is 10.2. The molecule has 13 rings (SSSR count). The number of furan rings is 1. The first-order valence-electron chi connectivity index (χ1n) is 22.3. The summed E-state index contributed by atoms with van der Waals surface area (Å²) < 4.78 is 6.58. The zero-order valence-electron chi connectivity index (χ0n) is 35.4. The number of amidine groups is 1. The predicted molar refractivity (Wildman–Crippen MR) is 271 cm³/mol. The second kappa shape index (κ2) is 15.2. The van der Waals surface area contributed by atoms with Crippen molar-refractivity contribution in [3.05, 3.63) is 241 Å². The molecule has 0 fully saturated rings. The van der Waals surface area contributed by atoms with Crippen LogP contribution in [0.3, 0.4) is 0 Å². The van der Waals surface area contributed by atoms with Gasteiger partial charge in [0, 0.05) is 16.3 Å². The lowest BCUT2D eigenvalue weighted by molar-refractivity contribution is 0.411. The van der Waals surface area contributed by atoms with Crippen molar-refractivity contribution in [2.24, 2.45) is 4.99 Å². The summed E-state index contributed by atoms with van der Waals surface area (Å²) in [5, 5.41) is 19.8. The molecular weight excluding hydrogens is 791 g/mol. The van der Waals surface area contributed by atoms with Gasteiger partial charge < -0.3 is 9.73 Å². The van der Waals surface area contributed by atoms with Gasteiger partial charge in [0.2, 0.25) is 0 Å². The highest BCUT2D eigenvalue weighted by molar-refractivity contribution is 6.16. The zero-order valence-corrected chi connectivity index (χ0v) is 35.4. The molecule has 1 aliphatic rings. The van der Waals surface area contributed by atoms with Crippen LogP contribution in [0.5, 0.6) is 0 Å². The third-order valence-corrected chi connectivity index (χ3v) is 13.4. The normalized spacial score (nSPS) is 15.2. The molecule has 0 spiro atoms. The Labute approximate surface area is 376 Å². The molecule has 0 amide bonds. The highest BCUT2D eigenvalue weighted by atomic mass is 16.3. The molecule has 306 valence electrons. The Morgan fingerprint density at radius 1 is 0.369 bits per heavy atom. The molecule has 0 saturated carbocycles. The van der Waals surface area contributed by atoms with Gasteiger partial charge in [-0.25, -0.2) is 4.99 Å². The number of fused-ring (bicyclic) bond motifs is 8. The number of hydrogen-bond acceptors (Lipinski definition) is 4. The van der Waals surface area contributed by atoms with E-state index in [4.69, 9.17) is 9.41 Å². The van der Waals surface area contributed by atoms with Crippen LogP contribution < -0.4 is 10.6 Å². The molecule has 2 heterocycles. The van der Waals surface area contributed by atoms with Crippen molar-refractivity contribution in [2.45, 2.75) is 12.3 Å². The fourth-order valence-electron chi connectivity index (χ4n) is 10.2. The SMILES string of the molecule is c1ccc(-c2ccc3c(c2)oc2cccc(-c4cccc5c(C6NC(c7ccc(-c8cccc9ccccc89)cc7)=NC(c7ccc8ccc9ccccc9c8c7)N6)cccc45)c23)cc1. The van der Waals surface area contributed by atoms with Crippen LogP contribution in [0, 0.1) is 0 Å². The number of hydrogen-bond donors (Lipinski definition) is 2. The van der Waals surface area contributed by atoms with Gasteiger partial charge in [-0.05, 0) is 112 Å². The quantitative estimate of drug-likeness (QED) is 0.164. The number of rotatable bonds is 6. The maximum atomic E-state index is 6.58.